The monoisotopic (exact) mass is 442 g/mol. The number of thioether (sulfide) groups is 1. The third kappa shape index (κ3) is 5.34. The van der Waals surface area contributed by atoms with Gasteiger partial charge in [0.05, 0.1) is 12.0 Å². The number of hydrazone groups is 1. The van der Waals surface area contributed by atoms with E-state index in [1.165, 1.54) is 11.8 Å². The van der Waals surface area contributed by atoms with Crippen molar-refractivity contribution in [1.82, 2.24) is 5.43 Å². The molecule has 138 valence electrons. The Morgan fingerprint density at radius 1 is 1.07 bits per heavy atom. The van der Waals surface area contributed by atoms with Crippen LogP contribution in [0.1, 0.15) is 34.2 Å². The van der Waals surface area contributed by atoms with Crippen LogP contribution in [0.4, 0.5) is 0 Å². The van der Waals surface area contributed by atoms with Gasteiger partial charge in [0.1, 0.15) is 0 Å². The summed E-state index contributed by atoms with van der Waals surface area (Å²) in [5.41, 5.74) is 6.38. The number of hydrogen-bond donors (Lipinski definition) is 1. The number of hydrogen-bond acceptors (Lipinski definition) is 4. The molecule has 3 aromatic rings. The molecule has 27 heavy (non-hydrogen) atoms. The van der Waals surface area contributed by atoms with Crippen LogP contribution in [-0.2, 0) is 5.75 Å². The Morgan fingerprint density at radius 2 is 1.74 bits per heavy atom. The fourth-order valence-electron chi connectivity index (χ4n) is 2.45. The van der Waals surface area contributed by atoms with Crippen LogP contribution in [0, 0.1) is 0 Å². The van der Waals surface area contributed by atoms with Crippen LogP contribution in [0.2, 0.25) is 0 Å². The molecule has 6 heteroatoms. The largest absolute Gasteiger partial charge is 0.459 e. The van der Waals surface area contributed by atoms with Gasteiger partial charge in [-0.3, -0.25) is 4.79 Å². The average molecular weight is 443 g/mol. The van der Waals surface area contributed by atoms with E-state index in [2.05, 4.69) is 45.5 Å². The quantitative estimate of drug-likeness (QED) is 0.389. The molecule has 0 aliphatic heterocycles. The summed E-state index contributed by atoms with van der Waals surface area (Å²) < 4.78 is 6.10. The van der Waals surface area contributed by atoms with Crippen LogP contribution in [-0.4, -0.2) is 17.4 Å². The number of nitrogens with zero attached hydrogens (tertiary/aromatic N) is 1. The number of halogens is 1. The van der Waals surface area contributed by atoms with Gasteiger partial charge >= 0.3 is 5.91 Å². The minimum atomic E-state index is -0.384. The molecular formula is C21H19BrN2O2S. The van der Waals surface area contributed by atoms with E-state index in [1.54, 1.807) is 12.1 Å². The van der Waals surface area contributed by atoms with Crippen molar-refractivity contribution >= 4 is 39.3 Å². The highest BCUT2D eigenvalue weighted by Crippen LogP contribution is 2.18. The number of nitrogens with one attached hydrogen (secondary N) is 1. The number of furan rings is 1. The van der Waals surface area contributed by atoms with Crippen molar-refractivity contribution in [2.45, 2.75) is 12.7 Å². The van der Waals surface area contributed by atoms with Crippen molar-refractivity contribution in [3.8, 4) is 0 Å². The zero-order chi connectivity index (χ0) is 19.1. The van der Waals surface area contributed by atoms with Crippen LogP contribution in [0.25, 0.3) is 0 Å². The van der Waals surface area contributed by atoms with E-state index in [1.807, 2.05) is 48.2 Å². The fraction of sp³-hybridized carbons (Fsp3) is 0.143. The third-order valence-electron chi connectivity index (χ3n) is 3.83. The SMILES string of the molecule is CCSCc1ccc(C(=NNC(=O)c2ccco2)c2ccc(Br)cc2)cc1. The highest BCUT2D eigenvalue weighted by Gasteiger charge is 2.11. The zero-order valence-corrected chi connectivity index (χ0v) is 17.2. The van der Waals surface area contributed by atoms with E-state index in [4.69, 9.17) is 4.42 Å². The van der Waals surface area contributed by atoms with Crippen LogP contribution in [0.15, 0.2) is 80.9 Å². The second kappa shape index (κ2) is 9.58. The van der Waals surface area contributed by atoms with Crippen LogP contribution < -0.4 is 5.43 Å². The van der Waals surface area contributed by atoms with E-state index in [-0.39, 0.29) is 11.7 Å². The van der Waals surface area contributed by atoms with Crippen molar-refractivity contribution in [3.05, 3.63) is 93.9 Å². The molecule has 1 aromatic heterocycles. The Labute approximate surface area is 171 Å². The predicted molar refractivity (Wildman–Crippen MR) is 114 cm³/mol. The van der Waals surface area contributed by atoms with Gasteiger partial charge in [-0.15, -0.1) is 0 Å². The summed E-state index contributed by atoms with van der Waals surface area (Å²) in [5, 5.41) is 4.38. The summed E-state index contributed by atoms with van der Waals surface area (Å²) in [6.07, 6.45) is 1.46. The Balaban J connectivity index is 1.88. The summed E-state index contributed by atoms with van der Waals surface area (Å²) in [6, 6.07) is 19.4. The van der Waals surface area contributed by atoms with E-state index in [9.17, 15) is 4.79 Å². The van der Waals surface area contributed by atoms with Gasteiger partial charge in [-0.05, 0) is 35.6 Å². The van der Waals surface area contributed by atoms with E-state index < -0.39 is 0 Å². The van der Waals surface area contributed by atoms with Crippen molar-refractivity contribution in [1.29, 1.82) is 0 Å². The van der Waals surface area contributed by atoms with Crippen molar-refractivity contribution in [2.24, 2.45) is 5.10 Å². The summed E-state index contributed by atoms with van der Waals surface area (Å²) in [6.45, 7) is 2.15. The van der Waals surface area contributed by atoms with Crippen molar-refractivity contribution in [2.75, 3.05) is 5.75 Å². The fourth-order valence-corrected chi connectivity index (χ4v) is 3.35. The summed E-state index contributed by atoms with van der Waals surface area (Å²) in [7, 11) is 0. The maximum absolute atomic E-state index is 12.2. The number of amides is 1. The lowest BCUT2D eigenvalue weighted by Crippen LogP contribution is -2.20. The van der Waals surface area contributed by atoms with Gasteiger partial charge in [0.2, 0.25) is 0 Å². The molecule has 0 spiro atoms. The predicted octanol–water partition coefficient (Wildman–Crippen LogP) is 5.48. The van der Waals surface area contributed by atoms with E-state index in [0.29, 0.717) is 5.71 Å². The molecule has 0 fully saturated rings. The van der Waals surface area contributed by atoms with Gasteiger partial charge in [-0.25, -0.2) is 5.43 Å². The van der Waals surface area contributed by atoms with Gasteiger partial charge in [0, 0.05) is 21.4 Å². The Kier molecular flexibility index (Phi) is 6.90. The molecule has 0 radical (unpaired) electrons. The van der Waals surface area contributed by atoms with Gasteiger partial charge in [0.25, 0.3) is 0 Å². The molecule has 4 nitrogen and oxygen atoms in total. The van der Waals surface area contributed by atoms with Crippen LogP contribution >= 0.6 is 27.7 Å². The van der Waals surface area contributed by atoms with E-state index >= 15 is 0 Å². The molecule has 0 saturated carbocycles. The molecule has 0 saturated heterocycles. The van der Waals surface area contributed by atoms with Crippen LogP contribution in [0.3, 0.4) is 0 Å². The first kappa shape index (κ1) is 19.5. The molecule has 0 atom stereocenters. The van der Waals surface area contributed by atoms with Crippen molar-refractivity contribution in [3.63, 3.8) is 0 Å². The number of carbonyl (C=O) groups is 1. The second-order valence-electron chi connectivity index (χ2n) is 5.72. The first-order chi connectivity index (χ1) is 13.2. The van der Waals surface area contributed by atoms with Gasteiger partial charge in [-0.1, -0.05) is 59.3 Å². The highest BCUT2D eigenvalue weighted by molar-refractivity contribution is 9.10. The van der Waals surface area contributed by atoms with E-state index in [0.717, 1.165) is 27.1 Å². The molecule has 0 aliphatic rings. The summed E-state index contributed by atoms with van der Waals surface area (Å²) >= 11 is 5.33. The molecule has 1 heterocycles. The molecule has 1 N–H and O–H groups in total. The number of rotatable bonds is 7. The Bertz CT molecular complexity index is 904. The van der Waals surface area contributed by atoms with Gasteiger partial charge in [-0.2, -0.15) is 16.9 Å². The van der Waals surface area contributed by atoms with Gasteiger partial charge in [0.15, 0.2) is 5.76 Å². The molecule has 1 amide bonds. The first-order valence-electron chi connectivity index (χ1n) is 8.52. The summed E-state index contributed by atoms with van der Waals surface area (Å²) in [5.74, 6) is 1.91. The third-order valence-corrected chi connectivity index (χ3v) is 5.31. The first-order valence-corrected chi connectivity index (χ1v) is 10.5. The number of benzene rings is 2. The molecule has 3 rings (SSSR count). The molecule has 2 aromatic carbocycles. The van der Waals surface area contributed by atoms with Gasteiger partial charge < -0.3 is 4.42 Å². The molecular weight excluding hydrogens is 424 g/mol. The average Bonchev–Trinajstić information content (AvgIpc) is 3.23. The minimum Gasteiger partial charge on any atom is -0.459 e. The summed E-state index contributed by atoms with van der Waals surface area (Å²) in [4.78, 5) is 12.2. The maximum Gasteiger partial charge on any atom is 0.307 e. The van der Waals surface area contributed by atoms with Crippen molar-refractivity contribution < 1.29 is 9.21 Å². The molecule has 0 bridgehead atoms. The Morgan fingerprint density at radius 3 is 2.33 bits per heavy atom. The topological polar surface area (TPSA) is 54.6 Å². The maximum atomic E-state index is 12.2. The number of carbonyl (C=O) groups excluding carboxylic acids is 1. The zero-order valence-electron chi connectivity index (χ0n) is 14.8. The van der Waals surface area contributed by atoms with Crippen LogP contribution in [0.5, 0.6) is 0 Å². The Hall–Kier alpha value is -2.31. The second-order valence-corrected chi connectivity index (χ2v) is 7.91. The normalized spacial score (nSPS) is 11.4. The lowest BCUT2D eigenvalue weighted by Gasteiger charge is -2.09. The minimum absolute atomic E-state index is 0.223. The highest BCUT2D eigenvalue weighted by atomic mass is 79.9. The lowest BCUT2D eigenvalue weighted by atomic mass is 10.0. The lowest BCUT2D eigenvalue weighted by molar-refractivity contribution is 0.0927. The molecule has 0 aliphatic carbocycles. The standard InChI is InChI=1S/C21H19BrN2O2S/c1-2-27-14-15-5-7-16(8-6-15)20(17-9-11-18(22)12-10-17)23-24-21(25)19-4-3-13-26-19/h3-13H,2,14H2,1H3,(H,24,25). The molecule has 0 unspecified atom stereocenters. The smallest absolute Gasteiger partial charge is 0.307 e.